The van der Waals surface area contributed by atoms with Crippen molar-refractivity contribution in [1.29, 1.82) is 5.26 Å². The van der Waals surface area contributed by atoms with E-state index in [9.17, 15) is 19.2 Å². The highest BCUT2D eigenvalue weighted by Crippen LogP contribution is 2.39. The maximum atomic E-state index is 15.1. The minimum atomic E-state index is -1.37. The molecule has 0 radical (unpaired) electrons. The monoisotopic (exact) mass is 396 g/mol. The number of nitriles is 1. The number of benzene rings is 1. The van der Waals surface area contributed by atoms with Gasteiger partial charge in [-0.1, -0.05) is 12.0 Å². The van der Waals surface area contributed by atoms with E-state index in [1.54, 1.807) is 19.9 Å². The summed E-state index contributed by atoms with van der Waals surface area (Å²) in [6, 6.07) is 1.67. The number of primary amides is 1. The van der Waals surface area contributed by atoms with Gasteiger partial charge >= 0.3 is 0 Å². The van der Waals surface area contributed by atoms with Gasteiger partial charge in [0.15, 0.2) is 11.6 Å². The molecular formula is C21H18F2N4O2. The number of hydrogen-bond donors (Lipinski definition) is 3. The van der Waals surface area contributed by atoms with Crippen LogP contribution in [0.25, 0.3) is 16.5 Å². The zero-order valence-corrected chi connectivity index (χ0v) is 15.9. The topological polar surface area (TPSA) is 112 Å². The average Bonchev–Trinajstić information content (AvgIpc) is 2.97. The first-order valence-corrected chi connectivity index (χ1v) is 8.95. The van der Waals surface area contributed by atoms with Gasteiger partial charge in [-0.05, 0) is 44.6 Å². The summed E-state index contributed by atoms with van der Waals surface area (Å²) in [4.78, 5) is 26.3. The van der Waals surface area contributed by atoms with Crippen molar-refractivity contribution in [2.24, 2.45) is 5.73 Å². The normalized spacial score (nSPS) is 15.8. The molecule has 4 N–H and O–H groups in total. The van der Waals surface area contributed by atoms with E-state index in [0.29, 0.717) is 24.1 Å². The van der Waals surface area contributed by atoms with Crippen molar-refractivity contribution in [3.05, 3.63) is 40.1 Å². The van der Waals surface area contributed by atoms with Crippen molar-refractivity contribution < 1.29 is 18.4 Å². The SMILES string of the molecule is CC#CC(=O)N[C@@H]1CCC=C(c2c(F)c(F)c(C(N)=O)c3[nH]c(C)c(C#N)c23)C1. The van der Waals surface area contributed by atoms with E-state index in [2.05, 4.69) is 22.1 Å². The number of aromatic amines is 1. The fraction of sp³-hybridized carbons (Fsp3) is 0.286. The Hall–Kier alpha value is -3.65. The van der Waals surface area contributed by atoms with Crippen LogP contribution in [0.3, 0.4) is 0 Å². The first-order chi connectivity index (χ1) is 13.8. The third-order valence-corrected chi connectivity index (χ3v) is 4.94. The number of nitrogens with one attached hydrogen (secondary N) is 2. The molecule has 0 saturated carbocycles. The molecule has 1 atom stereocenters. The van der Waals surface area contributed by atoms with Gasteiger partial charge in [0, 0.05) is 22.7 Å². The molecule has 2 amide bonds. The fourth-order valence-corrected chi connectivity index (χ4v) is 3.75. The Bertz CT molecular complexity index is 1180. The van der Waals surface area contributed by atoms with Gasteiger partial charge in [-0.3, -0.25) is 9.59 Å². The Balaban J connectivity index is 2.20. The lowest BCUT2D eigenvalue weighted by atomic mass is 9.86. The van der Waals surface area contributed by atoms with Crippen LogP contribution in [0.2, 0.25) is 0 Å². The number of H-pyrrole nitrogens is 1. The van der Waals surface area contributed by atoms with Crippen molar-refractivity contribution >= 4 is 28.3 Å². The van der Waals surface area contributed by atoms with E-state index < -0.39 is 29.0 Å². The second kappa shape index (κ2) is 7.76. The number of amides is 2. The molecule has 29 heavy (non-hydrogen) atoms. The first kappa shape index (κ1) is 20.1. The molecule has 1 aromatic heterocycles. The molecule has 0 unspecified atom stereocenters. The van der Waals surface area contributed by atoms with Gasteiger partial charge in [-0.2, -0.15) is 5.26 Å². The number of rotatable bonds is 3. The van der Waals surface area contributed by atoms with Gasteiger partial charge < -0.3 is 16.0 Å². The van der Waals surface area contributed by atoms with Crippen LogP contribution in [0.15, 0.2) is 6.08 Å². The molecule has 1 aromatic carbocycles. The summed E-state index contributed by atoms with van der Waals surface area (Å²) >= 11 is 0. The summed E-state index contributed by atoms with van der Waals surface area (Å²) < 4.78 is 29.9. The van der Waals surface area contributed by atoms with Gasteiger partial charge in [0.1, 0.15) is 11.6 Å². The second-order valence-electron chi connectivity index (χ2n) is 6.79. The number of fused-ring (bicyclic) bond motifs is 1. The van der Waals surface area contributed by atoms with E-state index in [-0.39, 0.29) is 34.5 Å². The highest BCUT2D eigenvalue weighted by Gasteiger charge is 2.30. The maximum Gasteiger partial charge on any atom is 0.296 e. The smallest absolute Gasteiger partial charge is 0.296 e. The molecule has 0 saturated heterocycles. The molecule has 0 bridgehead atoms. The number of hydrogen-bond acceptors (Lipinski definition) is 3. The first-order valence-electron chi connectivity index (χ1n) is 8.95. The largest absolute Gasteiger partial charge is 0.365 e. The second-order valence-corrected chi connectivity index (χ2v) is 6.79. The van der Waals surface area contributed by atoms with Crippen molar-refractivity contribution in [2.75, 3.05) is 0 Å². The molecule has 0 aliphatic heterocycles. The van der Waals surface area contributed by atoms with E-state index in [1.807, 2.05) is 6.07 Å². The molecular weight excluding hydrogens is 378 g/mol. The summed E-state index contributed by atoms with van der Waals surface area (Å²) in [6.07, 6.45) is 3.11. The van der Waals surface area contributed by atoms with Gasteiger partial charge in [0.2, 0.25) is 0 Å². The van der Waals surface area contributed by atoms with Crippen molar-refractivity contribution in [3.63, 3.8) is 0 Å². The van der Waals surface area contributed by atoms with Crippen LogP contribution >= 0.6 is 0 Å². The van der Waals surface area contributed by atoms with E-state index >= 15 is 4.39 Å². The Morgan fingerprint density at radius 2 is 2.07 bits per heavy atom. The van der Waals surface area contributed by atoms with Crippen molar-refractivity contribution in [1.82, 2.24) is 10.3 Å². The lowest BCUT2D eigenvalue weighted by molar-refractivity contribution is -0.116. The van der Waals surface area contributed by atoms with Crippen LogP contribution in [-0.2, 0) is 4.79 Å². The summed E-state index contributed by atoms with van der Waals surface area (Å²) in [5, 5.41) is 12.4. The third-order valence-electron chi connectivity index (χ3n) is 4.94. The standard InChI is InChI=1S/C21H18F2N4O2/c1-3-5-14(28)27-12-7-4-6-11(8-12)15-16-13(9-24)10(2)26-20(16)17(21(25)29)19(23)18(15)22/h6,12,26H,4,7-8H2,1-2H3,(H2,25,29)(H,27,28)/t12-/m1/s1. The molecule has 0 fully saturated rings. The number of carbonyl (C=O) groups is 2. The zero-order valence-electron chi connectivity index (χ0n) is 15.9. The Morgan fingerprint density at radius 3 is 2.69 bits per heavy atom. The number of carbonyl (C=O) groups excluding carboxylic acids is 2. The fourth-order valence-electron chi connectivity index (χ4n) is 3.75. The minimum Gasteiger partial charge on any atom is -0.365 e. The maximum absolute atomic E-state index is 15.1. The highest BCUT2D eigenvalue weighted by molar-refractivity contribution is 6.10. The number of halogens is 2. The van der Waals surface area contributed by atoms with Crippen LogP contribution < -0.4 is 11.1 Å². The van der Waals surface area contributed by atoms with E-state index in [0.717, 1.165) is 0 Å². The van der Waals surface area contributed by atoms with Gasteiger partial charge in [-0.25, -0.2) is 8.78 Å². The minimum absolute atomic E-state index is 0.00985. The summed E-state index contributed by atoms with van der Waals surface area (Å²) in [5.41, 5.74) is 5.46. The number of allylic oxidation sites excluding steroid dienone is 1. The zero-order chi connectivity index (χ0) is 21.3. The summed E-state index contributed by atoms with van der Waals surface area (Å²) in [5.74, 6) is 0.699. The molecule has 8 heteroatoms. The molecule has 2 aromatic rings. The molecule has 1 aliphatic rings. The van der Waals surface area contributed by atoms with Gasteiger partial charge in [0.05, 0.1) is 11.1 Å². The molecule has 1 aliphatic carbocycles. The average molecular weight is 396 g/mol. The molecule has 148 valence electrons. The van der Waals surface area contributed by atoms with Gasteiger partial charge in [0.25, 0.3) is 11.8 Å². The lowest BCUT2D eigenvalue weighted by Gasteiger charge is -2.24. The van der Waals surface area contributed by atoms with E-state index in [1.165, 1.54) is 0 Å². The lowest BCUT2D eigenvalue weighted by Crippen LogP contribution is -2.35. The highest BCUT2D eigenvalue weighted by atomic mass is 19.2. The number of nitrogens with two attached hydrogens (primary N) is 1. The molecule has 0 spiro atoms. The summed E-state index contributed by atoms with van der Waals surface area (Å²) in [6.45, 7) is 3.11. The quantitative estimate of drug-likeness (QED) is 0.694. The van der Waals surface area contributed by atoms with Crippen molar-refractivity contribution in [3.8, 4) is 17.9 Å². The summed E-state index contributed by atoms with van der Waals surface area (Å²) in [7, 11) is 0. The number of aryl methyl sites for hydroxylation is 1. The molecule has 1 heterocycles. The van der Waals surface area contributed by atoms with Crippen LogP contribution in [0.1, 0.15) is 53.4 Å². The van der Waals surface area contributed by atoms with Crippen LogP contribution in [-0.4, -0.2) is 22.8 Å². The van der Waals surface area contributed by atoms with Crippen LogP contribution in [0.4, 0.5) is 8.78 Å². The van der Waals surface area contributed by atoms with Crippen LogP contribution in [0, 0.1) is 41.7 Å². The predicted molar refractivity (Wildman–Crippen MR) is 103 cm³/mol. The predicted octanol–water partition coefficient (Wildman–Crippen LogP) is 2.80. The third kappa shape index (κ3) is 3.45. The molecule has 6 nitrogen and oxygen atoms in total. The number of nitrogens with zero attached hydrogens (tertiary/aromatic N) is 1. The Labute approximate surface area is 165 Å². The van der Waals surface area contributed by atoms with E-state index in [4.69, 9.17) is 5.73 Å². The molecule has 3 rings (SSSR count). The van der Waals surface area contributed by atoms with Crippen molar-refractivity contribution in [2.45, 2.75) is 39.2 Å². The number of aromatic nitrogens is 1. The Morgan fingerprint density at radius 1 is 1.34 bits per heavy atom. The Kier molecular flexibility index (Phi) is 5.38. The van der Waals surface area contributed by atoms with Crippen LogP contribution in [0.5, 0.6) is 0 Å². The van der Waals surface area contributed by atoms with Gasteiger partial charge in [-0.15, -0.1) is 0 Å².